The fraction of sp³-hybridized carbons (Fsp3) is 0.111. The van der Waals surface area contributed by atoms with Gasteiger partial charge in [-0.2, -0.15) is 0 Å². The van der Waals surface area contributed by atoms with E-state index in [1.54, 1.807) is 0 Å². The molecular weight excluding hydrogens is 250 g/mol. The molecule has 0 unspecified atom stereocenters. The number of aliphatic carboxylic acids is 1. The molecule has 0 spiro atoms. The van der Waals surface area contributed by atoms with Gasteiger partial charge in [0.25, 0.3) is 0 Å². The molecule has 2 N–H and O–H groups in total. The van der Waals surface area contributed by atoms with Crippen LogP contribution in [-0.4, -0.2) is 35.3 Å². The molecule has 1 rings (SSSR count). The Kier molecular flexibility index (Phi) is 4.41. The van der Waals surface area contributed by atoms with Crippen molar-refractivity contribution in [3.63, 3.8) is 0 Å². The van der Waals surface area contributed by atoms with E-state index >= 15 is 0 Å². The number of hydrogen-bond acceptors (Lipinski definition) is 5. The molecule has 1 aromatic rings. The number of pyridine rings is 1. The van der Waals surface area contributed by atoms with Crippen LogP contribution in [0.3, 0.4) is 0 Å². The molecule has 0 aliphatic rings. The quantitative estimate of drug-likeness (QED) is 0.460. The van der Waals surface area contributed by atoms with Crippen molar-refractivity contribution in [1.82, 2.24) is 4.98 Å². The summed E-state index contributed by atoms with van der Waals surface area (Å²) in [4.78, 5) is 29.4. The number of amides is 1. The number of carboxylic acid groups (broad SMARTS) is 1. The van der Waals surface area contributed by atoms with Gasteiger partial charge in [0.1, 0.15) is 18.6 Å². The van der Waals surface area contributed by atoms with Gasteiger partial charge in [-0.05, 0) is 12.1 Å². The maximum absolute atomic E-state index is 10.9. The summed E-state index contributed by atoms with van der Waals surface area (Å²) in [6.45, 7) is 0. The van der Waals surface area contributed by atoms with Gasteiger partial charge in [0, 0.05) is 0 Å². The van der Waals surface area contributed by atoms with Crippen molar-refractivity contribution in [3.8, 4) is 0 Å². The van der Waals surface area contributed by atoms with Crippen LogP contribution < -0.4 is 5.32 Å². The third-order valence-electron chi connectivity index (χ3n) is 1.66. The minimum absolute atomic E-state index is 0.0830. The molecule has 1 heterocycles. The van der Waals surface area contributed by atoms with Gasteiger partial charge in [0.2, 0.25) is 12.1 Å². The first-order chi connectivity index (χ1) is 8.10. The molecule has 1 aromatic heterocycles. The van der Waals surface area contributed by atoms with Gasteiger partial charge >= 0.3 is 5.97 Å². The average molecular weight is 258 g/mol. The van der Waals surface area contributed by atoms with E-state index in [2.05, 4.69) is 20.3 Å². The first kappa shape index (κ1) is 12.9. The summed E-state index contributed by atoms with van der Waals surface area (Å²) >= 11 is 5.79. The van der Waals surface area contributed by atoms with Gasteiger partial charge in [-0.3, -0.25) is 4.79 Å². The van der Waals surface area contributed by atoms with Crippen LogP contribution >= 0.6 is 11.6 Å². The van der Waals surface area contributed by atoms with Crippen molar-refractivity contribution >= 4 is 35.5 Å². The zero-order valence-corrected chi connectivity index (χ0v) is 9.43. The Hall–Kier alpha value is -2.15. The Morgan fingerprint density at radius 3 is 2.88 bits per heavy atom. The summed E-state index contributed by atoms with van der Waals surface area (Å²) in [7, 11) is 1.20. The second-order valence-corrected chi connectivity index (χ2v) is 3.12. The fourth-order valence-electron chi connectivity index (χ4n) is 1.02. The molecule has 0 aliphatic carbocycles. The molecule has 1 amide bonds. The number of rotatable bonds is 5. The highest BCUT2D eigenvalue weighted by atomic mass is 35.5. The lowest BCUT2D eigenvalue weighted by Gasteiger charge is -2.05. The van der Waals surface area contributed by atoms with Gasteiger partial charge < -0.3 is 15.3 Å². The van der Waals surface area contributed by atoms with E-state index in [0.29, 0.717) is 6.41 Å². The number of carbonyl (C=O) groups is 2. The number of oxime groups is 1. The maximum Gasteiger partial charge on any atom is 0.360 e. The smallest absolute Gasteiger partial charge is 0.360 e. The SMILES string of the molecule is CON=C(C(=O)O)c1nc(NC=O)ccc1Cl. The molecule has 0 fully saturated rings. The Morgan fingerprint density at radius 2 is 2.35 bits per heavy atom. The summed E-state index contributed by atoms with van der Waals surface area (Å²) in [5.41, 5.74) is -0.542. The Balaban J connectivity index is 3.26. The standard InChI is InChI=1S/C9H8ClN3O4/c1-17-13-8(9(15)16)7-5(10)2-3-6(12-7)11-4-14/h2-4H,1H3,(H,15,16)(H,11,12,14). The first-order valence-corrected chi connectivity index (χ1v) is 4.69. The van der Waals surface area contributed by atoms with E-state index < -0.39 is 11.7 Å². The summed E-state index contributed by atoms with van der Waals surface area (Å²) in [6, 6.07) is 2.82. The van der Waals surface area contributed by atoms with Gasteiger partial charge in [-0.15, -0.1) is 0 Å². The van der Waals surface area contributed by atoms with Crippen LogP contribution in [-0.2, 0) is 14.4 Å². The third kappa shape index (κ3) is 3.15. The number of nitrogens with zero attached hydrogens (tertiary/aromatic N) is 2. The highest BCUT2D eigenvalue weighted by molar-refractivity contribution is 6.46. The second kappa shape index (κ2) is 5.80. The lowest BCUT2D eigenvalue weighted by atomic mass is 10.2. The minimum Gasteiger partial charge on any atom is -0.476 e. The highest BCUT2D eigenvalue weighted by Crippen LogP contribution is 2.17. The van der Waals surface area contributed by atoms with Crippen molar-refractivity contribution in [1.29, 1.82) is 0 Å². The Bertz CT molecular complexity index is 475. The number of halogens is 1. The van der Waals surface area contributed by atoms with Crippen molar-refractivity contribution in [3.05, 3.63) is 22.8 Å². The molecule has 0 aromatic carbocycles. The molecule has 0 atom stereocenters. The molecule has 0 aliphatic heterocycles. The summed E-state index contributed by atoms with van der Waals surface area (Å²) < 4.78 is 0. The lowest BCUT2D eigenvalue weighted by Crippen LogP contribution is -2.17. The number of aromatic nitrogens is 1. The predicted octanol–water partition coefficient (Wildman–Crippen LogP) is 0.738. The van der Waals surface area contributed by atoms with Crippen molar-refractivity contribution < 1.29 is 19.5 Å². The molecule has 0 bridgehead atoms. The van der Waals surface area contributed by atoms with E-state index in [4.69, 9.17) is 16.7 Å². The van der Waals surface area contributed by atoms with Crippen LogP contribution in [0.2, 0.25) is 5.02 Å². The van der Waals surface area contributed by atoms with Crippen molar-refractivity contribution in [2.45, 2.75) is 0 Å². The molecular formula is C9H8ClN3O4. The summed E-state index contributed by atoms with van der Waals surface area (Å²) in [5.74, 6) is -1.19. The summed E-state index contributed by atoms with van der Waals surface area (Å²) in [5, 5.41) is 14.6. The molecule has 0 saturated heterocycles. The number of nitrogens with one attached hydrogen (secondary N) is 1. The lowest BCUT2D eigenvalue weighted by molar-refractivity contribution is -0.129. The third-order valence-corrected chi connectivity index (χ3v) is 1.97. The van der Waals surface area contributed by atoms with Gasteiger partial charge in [-0.1, -0.05) is 16.8 Å². The number of hydrogen-bond donors (Lipinski definition) is 2. The van der Waals surface area contributed by atoms with E-state index in [1.165, 1.54) is 19.2 Å². The second-order valence-electron chi connectivity index (χ2n) is 2.72. The number of anilines is 1. The number of carboxylic acids is 1. The number of carbonyl (C=O) groups excluding carboxylic acids is 1. The Labute approximate surface area is 101 Å². The minimum atomic E-state index is -1.34. The average Bonchev–Trinajstić information content (AvgIpc) is 2.29. The normalized spacial score (nSPS) is 10.8. The molecule has 17 heavy (non-hydrogen) atoms. The highest BCUT2D eigenvalue weighted by Gasteiger charge is 2.19. The molecule has 0 saturated carbocycles. The van der Waals surface area contributed by atoms with Crippen LogP contribution in [0.25, 0.3) is 0 Å². The van der Waals surface area contributed by atoms with E-state index in [0.717, 1.165) is 0 Å². The van der Waals surface area contributed by atoms with Crippen molar-refractivity contribution in [2.75, 3.05) is 12.4 Å². The fourth-order valence-corrected chi connectivity index (χ4v) is 1.22. The van der Waals surface area contributed by atoms with Crippen LogP contribution in [0.5, 0.6) is 0 Å². The predicted molar refractivity (Wildman–Crippen MR) is 60.1 cm³/mol. The van der Waals surface area contributed by atoms with Crippen LogP contribution in [0.1, 0.15) is 5.69 Å². The monoisotopic (exact) mass is 257 g/mol. The molecule has 7 nitrogen and oxygen atoms in total. The molecule has 90 valence electrons. The summed E-state index contributed by atoms with van der Waals surface area (Å²) in [6.07, 6.45) is 0.411. The Morgan fingerprint density at radius 1 is 1.65 bits per heavy atom. The van der Waals surface area contributed by atoms with Crippen molar-refractivity contribution in [2.24, 2.45) is 5.16 Å². The van der Waals surface area contributed by atoms with Gasteiger partial charge in [0.05, 0.1) is 5.02 Å². The maximum atomic E-state index is 10.9. The largest absolute Gasteiger partial charge is 0.476 e. The molecule has 8 heteroatoms. The van der Waals surface area contributed by atoms with Crippen LogP contribution in [0.15, 0.2) is 17.3 Å². The first-order valence-electron chi connectivity index (χ1n) is 4.31. The van der Waals surface area contributed by atoms with Crippen LogP contribution in [0.4, 0.5) is 5.82 Å². The van der Waals surface area contributed by atoms with E-state index in [1.807, 2.05) is 0 Å². The molecule has 0 radical (unpaired) electrons. The van der Waals surface area contributed by atoms with Crippen LogP contribution in [0, 0.1) is 0 Å². The van der Waals surface area contributed by atoms with E-state index in [9.17, 15) is 9.59 Å². The topological polar surface area (TPSA) is 101 Å². The zero-order valence-electron chi connectivity index (χ0n) is 8.68. The van der Waals surface area contributed by atoms with E-state index in [-0.39, 0.29) is 16.5 Å². The van der Waals surface area contributed by atoms with Gasteiger partial charge in [0.15, 0.2) is 0 Å². The van der Waals surface area contributed by atoms with Gasteiger partial charge in [-0.25, -0.2) is 9.78 Å². The zero-order chi connectivity index (χ0) is 12.8.